The number of nitrogens with zero attached hydrogens (tertiary/aromatic N) is 2. The number of hydrogen-bond acceptors (Lipinski definition) is 5. The lowest BCUT2D eigenvalue weighted by Gasteiger charge is -2.39. The fourth-order valence-corrected chi connectivity index (χ4v) is 3.51. The zero-order valence-electron chi connectivity index (χ0n) is 11.8. The van der Waals surface area contributed by atoms with Crippen LogP contribution in [0, 0.1) is 5.92 Å². The quantitative estimate of drug-likeness (QED) is 0.855. The predicted molar refractivity (Wildman–Crippen MR) is 74.8 cm³/mol. The van der Waals surface area contributed by atoms with Gasteiger partial charge in [0.05, 0.1) is 13.2 Å². The molecule has 1 saturated heterocycles. The van der Waals surface area contributed by atoms with E-state index in [-0.39, 0.29) is 11.8 Å². The maximum atomic E-state index is 12.6. The minimum Gasteiger partial charge on any atom is -0.479 e. The first-order chi connectivity index (χ1) is 9.79. The number of ketones is 1. The van der Waals surface area contributed by atoms with E-state index in [2.05, 4.69) is 15.3 Å². The number of fused-ring (bicyclic) bond motifs is 1. The van der Waals surface area contributed by atoms with Gasteiger partial charge in [0.15, 0.2) is 5.69 Å². The SMILES string of the molecule is COc1nccnc1C(=O)C1CCC2CCCCC2N1. The largest absolute Gasteiger partial charge is 0.479 e. The molecule has 3 atom stereocenters. The van der Waals surface area contributed by atoms with Crippen molar-refractivity contribution in [3.05, 3.63) is 18.1 Å². The molecule has 5 nitrogen and oxygen atoms in total. The molecule has 1 aromatic heterocycles. The topological polar surface area (TPSA) is 64.1 Å². The third-order valence-electron chi connectivity index (χ3n) is 4.56. The third kappa shape index (κ3) is 2.54. The van der Waals surface area contributed by atoms with Crippen LogP contribution in [-0.2, 0) is 0 Å². The molecule has 1 aliphatic heterocycles. The summed E-state index contributed by atoms with van der Waals surface area (Å²) in [6, 6.07) is 0.356. The van der Waals surface area contributed by atoms with Gasteiger partial charge in [-0.3, -0.25) is 4.79 Å². The van der Waals surface area contributed by atoms with E-state index >= 15 is 0 Å². The van der Waals surface area contributed by atoms with Crippen LogP contribution in [0.1, 0.15) is 49.0 Å². The maximum absolute atomic E-state index is 12.6. The summed E-state index contributed by atoms with van der Waals surface area (Å²) in [7, 11) is 1.52. The Labute approximate surface area is 119 Å². The van der Waals surface area contributed by atoms with Crippen LogP contribution < -0.4 is 10.1 Å². The first-order valence-corrected chi connectivity index (χ1v) is 7.45. The highest BCUT2D eigenvalue weighted by Crippen LogP contribution is 2.33. The predicted octanol–water partition coefficient (Wildman–Crippen LogP) is 1.98. The van der Waals surface area contributed by atoms with Crippen LogP contribution in [0.5, 0.6) is 5.88 Å². The standard InChI is InChI=1S/C15H21N3O2/c1-20-15-13(16-8-9-17-15)14(19)12-7-6-10-4-2-3-5-11(10)18-12/h8-12,18H,2-7H2,1H3. The van der Waals surface area contributed by atoms with Crippen molar-refractivity contribution in [3.8, 4) is 5.88 Å². The first kappa shape index (κ1) is 13.5. The summed E-state index contributed by atoms with van der Waals surface area (Å²) >= 11 is 0. The second kappa shape index (κ2) is 5.87. The molecule has 3 unspecified atom stereocenters. The van der Waals surface area contributed by atoms with Crippen LogP contribution in [0.2, 0.25) is 0 Å². The Morgan fingerprint density at radius 3 is 2.85 bits per heavy atom. The molecular formula is C15H21N3O2. The highest BCUT2D eigenvalue weighted by Gasteiger charge is 2.35. The van der Waals surface area contributed by atoms with E-state index in [1.165, 1.54) is 32.8 Å². The Morgan fingerprint density at radius 1 is 1.20 bits per heavy atom. The lowest BCUT2D eigenvalue weighted by atomic mass is 9.77. The number of Topliss-reactive ketones (excluding diaryl/α,β-unsaturated/α-hetero) is 1. The number of ether oxygens (including phenoxy) is 1. The van der Waals surface area contributed by atoms with Crippen LogP contribution in [0.4, 0.5) is 0 Å². The zero-order valence-corrected chi connectivity index (χ0v) is 11.8. The van der Waals surface area contributed by atoms with E-state index in [0.717, 1.165) is 18.8 Å². The molecule has 2 fully saturated rings. The number of aromatic nitrogens is 2. The van der Waals surface area contributed by atoms with Crippen LogP contribution in [-0.4, -0.2) is 34.9 Å². The molecule has 1 aliphatic carbocycles. The third-order valence-corrected chi connectivity index (χ3v) is 4.56. The summed E-state index contributed by atoms with van der Waals surface area (Å²) in [6.45, 7) is 0. The summed E-state index contributed by atoms with van der Waals surface area (Å²) in [6.07, 6.45) is 10.2. The lowest BCUT2D eigenvalue weighted by Crippen LogP contribution is -2.52. The van der Waals surface area contributed by atoms with Gasteiger partial charge in [0.1, 0.15) is 0 Å². The molecule has 1 N–H and O–H groups in total. The molecule has 5 heteroatoms. The molecule has 0 amide bonds. The van der Waals surface area contributed by atoms with Gasteiger partial charge in [0, 0.05) is 18.4 Å². The minimum absolute atomic E-state index is 0.0129. The van der Waals surface area contributed by atoms with Gasteiger partial charge >= 0.3 is 0 Å². The Kier molecular flexibility index (Phi) is 3.96. The van der Waals surface area contributed by atoms with E-state index in [1.807, 2.05) is 0 Å². The Morgan fingerprint density at radius 2 is 2.00 bits per heavy atom. The second-order valence-corrected chi connectivity index (χ2v) is 5.73. The van der Waals surface area contributed by atoms with Crippen molar-refractivity contribution in [2.75, 3.05) is 7.11 Å². The number of carbonyl (C=O) groups is 1. The molecule has 0 aromatic carbocycles. The molecule has 0 radical (unpaired) electrons. The molecule has 20 heavy (non-hydrogen) atoms. The van der Waals surface area contributed by atoms with Gasteiger partial charge in [-0.1, -0.05) is 12.8 Å². The van der Waals surface area contributed by atoms with Crippen molar-refractivity contribution in [3.63, 3.8) is 0 Å². The number of methoxy groups -OCH3 is 1. The average molecular weight is 275 g/mol. The average Bonchev–Trinajstić information content (AvgIpc) is 2.53. The van der Waals surface area contributed by atoms with Gasteiger partial charge in [-0.25, -0.2) is 9.97 Å². The molecule has 1 saturated carbocycles. The van der Waals surface area contributed by atoms with Crippen LogP contribution in [0.15, 0.2) is 12.4 Å². The Hall–Kier alpha value is -1.49. The van der Waals surface area contributed by atoms with E-state index in [0.29, 0.717) is 17.6 Å². The Bertz CT molecular complexity index is 492. The van der Waals surface area contributed by atoms with Gasteiger partial charge in [0.25, 0.3) is 0 Å². The van der Waals surface area contributed by atoms with E-state index in [1.54, 1.807) is 12.4 Å². The molecule has 108 valence electrons. The molecule has 2 heterocycles. The van der Waals surface area contributed by atoms with Crippen LogP contribution in [0.3, 0.4) is 0 Å². The number of carbonyl (C=O) groups excluding carboxylic acids is 1. The lowest BCUT2D eigenvalue weighted by molar-refractivity contribution is 0.0852. The number of nitrogens with one attached hydrogen (secondary N) is 1. The highest BCUT2D eigenvalue weighted by molar-refractivity contribution is 6.00. The molecule has 0 bridgehead atoms. The molecule has 3 rings (SSSR count). The van der Waals surface area contributed by atoms with E-state index in [4.69, 9.17) is 4.74 Å². The zero-order chi connectivity index (χ0) is 13.9. The first-order valence-electron chi connectivity index (χ1n) is 7.45. The smallest absolute Gasteiger partial charge is 0.243 e. The van der Waals surface area contributed by atoms with Crippen molar-refractivity contribution >= 4 is 5.78 Å². The monoisotopic (exact) mass is 275 g/mol. The van der Waals surface area contributed by atoms with Gasteiger partial charge in [-0.05, 0) is 31.6 Å². The van der Waals surface area contributed by atoms with Crippen molar-refractivity contribution < 1.29 is 9.53 Å². The van der Waals surface area contributed by atoms with Crippen LogP contribution in [0.25, 0.3) is 0 Å². The summed E-state index contributed by atoms with van der Waals surface area (Å²) in [5.41, 5.74) is 0.349. The van der Waals surface area contributed by atoms with Gasteiger partial charge in [0.2, 0.25) is 11.7 Å². The van der Waals surface area contributed by atoms with Gasteiger partial charge < -0.3 is 10.1 Å². The summed E-state index contributed by atoms with van der Waals surface area (Å²) in [4.78, 5) is 20.8. The normalized spacial score (nSPS) is 29.6. The fourth-order valence-electron chi connectivity index (χ4n) is 3.51. The number of hydrogen-bond donors (Lipinski definition) is 1. The van der Waals surface area contributed by atoms with Crippen molar-refractivity contribution in [2.45, 2.75) is 50.6 Å². The van der Waals surface area contributed by atoms with Crippen LogP contribution >= 0.6 is 0 Å². The number of piperidine rings is 1. The van der Waals surface area contributed by atoms with Gasteiger partial charge in [-0.15, -0.1) is 0 Å². The van der Waals surface area contributed by atoms with Crippen molar-refractivity contribution in [1.82, 2.24) is 15.3 Å². The van der Waals surface area contributed by atoms with Crippen molar-refractivity contribution in [2.24, 2.45) is 5.92 Å². The maximum Gasteiger partial charge on any atom is 0.243 e. The Balaban J connectivity index is 1.74. The second-order valence-electron chi connectivity index (χ2n) is 5.73. The summed E-state index contributed by atoms with van der Waals surface area (Å²) < 4.78 is 5.14. The minimum atomic E-state index is -0.139. The molecule has 0 spiro atoms. The molecule has 1 aromatic rings. The highest BCUT2D eigenvalue weighted by atomic mass is 16.5. The number of rotatable bonds is 3. The summed E-state index contributed by atoms with van der Waals surface area (Å²) in [5.74, 6) is 1.08. The van der Waals surface area contributed by atoms with Crippen molar-refractivity contribution in [1.29, 1.82) is 0 Å². The van der Waals surface area contributed by atoms with Gasteiger partial charge in [-0.2, -0.15) is 0 Å². The fraction of sp³-hybridized carbons (Fsp3) is 0.667. The molecular weight excluding hydrogens is 254 g/mol. The van der Waals surface area contributed by atoms with E-state index in [9.17, 15) is 4.79 Å². The van der Waals surface area contributed by atoms with E-state index < -0.39 is 0 Å². The summed E-state index contributed by atoms with van der Waals surface area (Å²) in [5, 5.41) is 3.53. The molecule has 2 aliphatic rings.